The first kappa shape index (κ1) is 11.5. The van der Waals surface area contributed by atoms with Crippen LogP contribution in [0.1, 0.15) is 18.1 Å². The molecule has 0 aliphatic rings. The van der Waals surface area contributed by atoms with Gasteiger partial charge in [0.25, 0.3) is 0 Å². The van der Waals surface area contributed by atoms with Gasteiger partial charge in [0, 0.05) is 12.1 Å². The van der Waals surface area contributed by atoms with Gasteiger partial charge in [-0.1, -0.05) is 17.7 Å². The van der Waals surface area contributed by atoms with E-state index in [-0.39, 0.29) is 6.10 Å². The van der Waals surface area contributed by atoms with E-state index in [0.29, 0.717) is 18.1 Å². The summed E-state index contributed by atoms with van der Waals surface area (Å²) in [5, 5.41) is 9.99. The summed E-state index contributed by atoms with van der Waals surface area (Å²) in [6, 6.07) is 5.64. The molecular formula is C11H15ClO2. The van der Waals surface area contributed by atoms with Crippen LogP contribution >= 0.6 is 11.6 Å². The predicted molar refractivity (Wildman–Crippen MR) is 57.5 cm³/mol. The Balaban J connectivity index is 2.89. The summed E-state index contributed by atoms with van der Waals surface area (Å²) in [5.74, 6) is 0. The van der Waals surface area contributed by atoms with E-state index in [9.17, 15) is 5.11 Å². The Morgan fingerprint density at radius 2 is 2.14 bits per heavy atom. The highest BCUT2D eigenvalue weighted by atomic mass is 35.5. The van der Waals surface area contributed by atoms with Gasteiger partial charge in [0.15, 0.2) is 0 Å². The molecule has 1 rings (SSSR count). The zero-order chi connectivity index (χ0) is 10.6. The van der Waals surface area contributed by atoms with Crippen LogP contribution in [0.3, 0.4) is 0 Å². The fraction of sp³-hybridized carbons (Fsp3) is 0.455. The fourth-order valence-electron chi connectivity index (χ4n) is 1.40. The first-order chi connectivity index (χ1) is 6.63. The molecule has 0 fully saturated rings. The third-order valence-corrected chi connectivity index (χ3v) is 2.22. The van der Waals surface area contributed by atoms with Crippen molar-refractivity contribution in [3.8, 4) is 0 Å². The second-order valence-electron chi connectivity index (χ2n) is 3.40. The van der Waals surface area contributed by atoms with Gasteiger partial charge in [-0.15, -0.1) is 0 Å². The van der Waals surface area contributed by atoms with E-state index < -0.39 is 0 Å². The lowest BCUT2D eigenvalue weighted by atomic mass is 10.0. The van der Waals surface area contributed by atoms with Gasteiger partial charge in [-0.05, 0) is 36.6 Å². The van der Waals surface area contributed by atoms with Crippen LogP contribution in [-0.2, 0) is 17.8 Å². The molecule has 0 radical (unpaired) electrons. The number of halogens is 1. The summed E-state index contributed by atoms with van der Waals surface area (Å²) in [4.78, 5) is 0. The summed E-state index contributed by atoms with van der Waals surface area (Å²) >= 11 is 5.87. The van der Waals surface area contributed by atoms with Crippen LogP contribution < -0.4 is 0 Å². The number of hydrogen-bond donors (Lipinski definition) is 1. The molecule has 3 heteroatoms. The molecule has 1 N–H and O–H groups in total. The standard InChI is InChI=1S/C11H15ClO2/c1-8(13)5-9-3-4-11(12)6-10(9)7-14-2/h3-4,6,8,13H,5,7H2,1-2H3. The van der Waals surface area contributed by atoms with E-state index in [2.05, 4.69) is 0 Å². The maximum atomic E-state index is 9.29. The SMILES string of the molecule is COCc1cc(Cl)ccc1CC(C)O. The molecule has 14 heavy (non-hydrogen) atoms. The van der Waals surface area contributed by atoms with Gasteiger partial charge in [-0.2, -0.15) is 0 Å². The molecule has 0 amide bonds. The van der Waals surface area contributed by atoms with Crippen LogP contribution in [0.4, 0.5) is 0 Å². The minimum Gasteiger partial charge on any atom is -0.393 e. The second-order valence-corrected chi connectivity index (χ2v) is 3.84. The number of ether oxygens (including phenoxy) is 1. The molecule has 1 atom stereocenters. The molecule has 2 nitrogen and oxygen atoms in total. The Morgan fingerprint density at radius 1 is 1.43 bits per heavy atom. The lowest BCUT2D eigenvalue weighted by Gasteiger charge is -2.10. The van der Waals surface area contributed by atoms with Gasteiger partial charge in [-0.3, -0.25) is 0 Å². The number of hydrogen-bond acceptors (Lipinski definition) is 2. The minimum absolute atomic E-state index is 0.341. The molecule has 0 saturated carbocycles. The zero-order valence-corrected chi connectivity index (χ0v) is 9.21. The first-order valence-corrected chi connectivity index (χ1v) is 4.95. The smallest absolute Gasteiger partial charge is 0.0716 e. The van der Waals surface area contributed by atoms with E-state index in [1.165, 1.54) is 0 Å². The van der Waals surface area contributed by atoms with Gasteiger partial charge in [0.2, 0.25) is 0 Å². The summed E-state index contributed by atoms with van der Waals surface area (Å²) in [6.45, 7) is 2.30. The molecule has 0 saturated heterocycles. The van der Waals surface area contributed by atoms with Crippen molar-refractivity contribution in [2.24, 2.45) is 0 Å². The van der Waals surface area contributed by atoms with Crippen molar-refractivity contribution >= 4 is 11.6 Å². The number of rotatable bonds is 4. The van der Waals surface area contributed by atoms with Crippen molar-refractivity contribution in [1.29, 1.82) is 0 Å². The van der Waals surface area contributed by atoms with Gasteiger partial charge < -0.3 is 9.84 Å². The summed E-state index contributed by atoms with van der Waals surface area (Å²) < 4.78 is 5.06. The van der Waals surface area contributed by atoms with Gasteiger partial charge >= 0.3 is 0 Å². The summed E-state index contributed by atoms with van der Waals surface area (Å²) in [6.07, 6.45) is 0.294. The molecule has 0 bridgehead atoms. The van der Waals surface area contributed by atoms with Gasteiger partial charge in [-0.25, -0.2) is 0 Å². The molecule has 1 aromatic rings. The van der Waals surface area contributed by atoms with E-state index in [1.807, 2.05) is 18.2 Å². The van der Waals surface area contributed by atoms with Crippen molar-refractivity contribution in [1.82, 2.24) is 0 Å². The van der Waals surface area contributed by atoms with Crippen LogP contribution in [0.25, 0.3) is 0 Å². The molecule has 1 unspecified atom stereocenters. The highest BCUT2D eigenvalue weighted by Gasteiger charge is 2.06. The minimum atomic E-state index is -0.341. The molecule has 0 spiro atoms. The number of methoxy groups -OCH3 is 1. The Bertz CT molecular complexity index is 297. The molecular weight excluding hydrogens is 200 g/mol. The van der Waals surface area contributed by atoms with Crippen LogP contribution in [-0.4, -0.2) is 18.3 Å². The number of aliphatic hydroxyl groups is 1. The van der Waals surface area contributed by atoms with Crippen molar-refractivity contribution < 1.29 is 9.84 Å². The molecule has 0 aliphatic heterocycles. The van der Waals surface area contributed by atoms with Crippen LogP contribution in [0.5, 0.6) is 0 Å². The van der Waals surface area contributed by atoms with E-state index in [1.54, 1.807) is 14.0 Å². The monoisotopic (exact) mass is 214 g/mol. The van der Waals surface area contributed by atoms with Crippen LogP contribution in [0, 0.1) is 0 Å². The fourth-order valence-corrected chi connectivity index (χ4v) is 1.60. The lowest BCUT2D eigenvalue weighted by molar-refractivity contribution is 0.178. The van der Waals surface area contributed by atoms with Gasteiger partial charge in [0.05, 0.1) is 12.7 Å². The molecule has 78 valence electrons. The quantitative estimate of drug-likeness (QED) is 0.834. The van der Waals surface area contributed by atoms with E-state index in [0.717, 1.165) is 11.1 Å². The highest BCUT2D eigenvalue weighted by molar-refractivity contribution is 6.30. The topological polar surface area (TPSA) is 29.5 Å². The Morgan fingerprint density at radius 3 is 2.71 bits per heavy atom. The van der Waals surface area contributed by atoms with E-state index in [4.69, 9.17) is 16.3 Å². The van der Waals surface area contributed by atoms with Crippen molar-refractivity contribution in [2.75, 3.05) is 7.11 Å². The third-order valence-electron chi connectivity index (χ3n) is 1.98. The average molecular weight is 215 g/mol. The molecule has 0 aromatic heterocycles. The molecule has 1 aromatic carbocycles. The largest absolute Gasteiger partial charge is 0.393 e. The average Bonchev–Trinajstić information content (AvgIpc) is 2.09. The summed E-state index contributed by atoms with van der Waals surface area (Å²) in [5.41, 5.74) is 2.13. The Labute approximate surface area is 89.5 Å². The summed E-state index contributed by atoms with van der Waals surface area (Å²) in [7, 11) is 1.65. The van der Waals surface area contributed by atoms with Crippen LogP contribution in [0.2, 0.25) is 5.02 Å². The lowest BCUT2D eigenvalue weighted by Crippen LogP contribution is -2.07. The van der Waals surface area contributed by atoms with E-state index >= 15 is 0 Å². The Kier molecular flexibility index (Phi) is 4.39. The van der Waals surface area contributed by atoms with Crippen molar-refractivity contribution in [3.05, 3.63) is 34.3 Å². The molecule has 0 aliphatic carbocycles. The maximum absolute atomic E-state index is 9.29. The first-order valence-electron chi connectivity index (χ1n) is 4.57. The van der Waals surface area contributed by atoms with Crippen molar-refractivity contribution in [3.63, 3.8) is 0 Å². The number of benzene rings is 1. The Hall–Kier alpha value is -0.570. The van der Waals surface area contributed by atoms with Gasteiger partial charge in [0.1, 0.15) is 0 Å². The highest BCUT2D eigenvalue weighted by Crippen LogP contribution is 2.18. The zero-order valence-electron chi connectivity index (χ0n) is 8.46. The third kappa shape index (κ3) is 3.29. The number of aliphatic hydroxyl groups excluding tert-OH is 1. The predicted octanol–water partition coefficient (Wildman–Crippen LogP) is 2.41. The second kappa shape index (κ2) is 5.35. The maximum Gasteiger partial charge on any atom is 0.0716 e. The molecule has 0 heterocycles. The van der Waals surface area contributed by atoms with Crippen molar-refractivity contribution in [2.45, 2.75) is 26.1 Å². The normalized spacial score (nSPS) is 12.9. The van der Waals surface area contributed by atoms with Crippen LogP contribution in [0.15, 0.2) is 18.2 Å².